The summed E-state index contributed by atoms with van der Waals surface area (Å²) >= 11 is 0. The Morgan fingerprint density at radius 2 is 2.11 bits per heavy atom. The highest BCUT2D eigenvalue weighted by Gasteiger charge is 2.14. The fourth-order valence-electron chi connectivity index (χ4n) is 1.72. The van der Waals surface area contributed by atoms with E-state index in [2.05, 4.69) is 29.3 Å². The largest absolute Gasteiger partial charge is 0.381 e. The lowest BCUT2D eigenvalue weighted by molar-refractivity contribution is 0.116. The molecule has 1 aromatic heterocycles. The van der Waals surface area contributed by atoms with Crippen molar-refractivity contribution in [3.63, 3.8) is 0 Å². The minimum Gasteiger partial charge on any atom is -0.381 e. The predicted octanol–water partition coefficient (Wildman–Crippen LogP) is 1.97. The molecule has 18 heavy (non-hydrogen) atoms. The Hall–Kier alpha value is -0.940. The van der Waals surface area contributed by atoms with E-state index in [1.165, 1.54) is 0 Å². The minimum absolute atomic E-state index is 0.121. The van der Waals surface area contributed by atoms with Crippen molar-refractivity contribution in [1.82, 2.24) is 15.5 Å². The zero-order valence-corrected chi connectivity index (χ0v) is 11.9. The number of ether oxygens (including phenoxy) is 1. The highest BCUT2D eigenvalue weighted by molar-refractivity contribution is 4.90. The fourth-order valence-corrected chi connectivity index (χ4v) is 1.72. The van der Waals surface area contributed by atoms with Gasteiger partial charge in [0.1, 0.15) is 0 Å². The summed E-state index contributed by atoms with van der Waals surface area (Å²) in [7, 11) is 1.69. The van der Waals surface area contributed by atoms with Gasteiger partial charge in [0, 0.05) is 26.0 Å². The molecule has 0 spiro atoms. The van der Waals surface area contributed by atoms with E-state index in [1.54, 1.807) is 7.11 Å². The summed E-state index contributed by atoms with van der Waals surface area (Å²) in [5, 5.41) is 7.45. The molecule has 1 N–H and O–H groups in total. The van der Waals surface area contributed by atoms with Crippen LogP contribution < -0.4 is 5.32 Å². The van der Waals surface area contributed by atoms with Crippen LogP contribution in [0.3, 0.4) is 0 Å². The SMILES string of the molecule is CCCNC(CC)Cc1nc(CC(C)OC)no1. The quantitative estimate of drug-likeness (QED) is 0.731. The summed E-state index contributed by atoms with van der Waals surface area (Å²) in [6, 6.07) is 0.415. The number of nitrogens with zero attached hydrogens (tertiary/aromatic N) is 2. The molecule has 1 aromatic rings. The van der Waals surface area contributed by atoms with E-state index < -0.39 is 0 Å². The van der Waals surface area contributed by atoms with Crippen LogP contribution in [0.1, 0.15) is 45.3 Å². The topological polar surface area (TPSA) is 60.2 Å². The lowest BCUT2D eigenvalue weighted by Crippen LogP contribution is -2.31. The van der Waals surface area contributed by atoms with E-state index in [4.69, 9.17) is 9.26 Å². The summed E-state index contributed by atoms with van der Waals surface area (Å²) in [6.07, 6.45) is 3.81. The highest BCUT2D eigenvalue weighted by Crippen LogP contribution is 2.06. The first-order valence-corrected chi connectivity index (χ1v) is 6.77. The molecule has 104 valence electrons. The first kappa shape index (κ1) is 15.1. The molecule has 2 atom stereocenters. The maximum absolute atomic E-state index is 5.27. The van der Waals surface area contributed by atoms with Crippen LogP contribution >= 0.6 is 0 Å². The number of nitrogens with one attached hydrogen (secondary N) is 1. The lowest BCUT2D eigenvalue weighted by atomic mass is 10.1. The third kappa shape index (κ3) is 5.14. The average molecular weight is 255 g/mol. The summed E-state index contributed by atoms with van der Waals surface area (Å²) in [4.78, 5) is 4.40. The smallest absolute Gasteiger partial charge is 0.228 e. The van der Waals surface area contributed by atoms with Crippen molar-refractivity contribution in [3.05, 3.63) is 11.7 Å². The van der Waals surface area contributed by atoms with Crippen molar-refractivity contribution < 1.29 is 9.26 Å². The molecule has 1 heterocycles. The number of rotatable bonds is 9. The molecule has 1 rings (SSSR count). The molecule has 0 bridgehead atoms. The second-order valence-corrected chi connectivity index (χ2v) is 4.62. The van der Waals surface area contributed by atoms with Crippen LogP contribution in [0.4, 0.5) is 0 Å². The molecular formula is C13H25N3O2. The molecule has 0 aliphatic heterocycles. The van der Waals surface area contributed by atoms with Crippen LogP contribution in [0.2, 0.25) is 0 Å². The van der Waals surface area contributed by atoms with Gasteiger partial charge in [-0.15, -0.1) is 0 Å². The van der Waals surface area contributed by atoms with Gasteiger partial charge in [0.2, 0.25) is 5.89 Å². The third-order valence-electron chi connectivity index (χ3n) is 2.98. The van der Waals surface area contributed by atoms with Crippen LogP contribution in [-0.4, -0.2) is 35.9 Å². The zero-order chi connectivity index (χ0) is 13.4. The maximum atomic E-state index is 5.27. The van der Waals surface area contributed by atoms with Crippen LogP contribution in [0, 0.1) is 0 Å². The molecule has 5 nitrogen and oxygen atoms in total. The van der Waals surface area contributed by atoms with Crippen LogP contribution in [0.15, 0.2) is 4.52 Å². The Bertz CT molecular complexity index is 328. The van der Waals surface area contributed by atoms with Gasteiger partial charge >= 0.3 is 0 Å². The first-order valence-electron chi connectivity index (χ1n) is 6.77. The summed E-state index contributed by atoms with van der Waals surface area (Å²) < 4.78 is 10.5. The van der Waals surface area contributed by atoms with Gasteiger partial charge in [-0.25, -0.2) is 0 Å². The maximum Gasteiger partial charge on any atom is 0.228 e. The average Bonchev–Trinajstić information content (AvgIpc) is 2.81. The van der Waals surface area contributed by atoms with Gasteiger partial charge in [0.05, 0.1) is 6.10 Å². The van der Waals surface area contributed by atoms with Crippen molar-refractivity contribution in [2.24, 2.45) is 0 Å². The minimum atomic E-state index is 0.121. The van der Waals surface area contributed by atoms with Crippen molar-refractivity contribution >= 4 is 0 Å². The van der Waals surface area contributed by atoms with Crippen LogP contribution in [-0.2, 0) is 17.6 Å². The van der Waals surface area contributed by atoms with Gasteiger partial charge in [0.15, 0.2) is 5.82 Å². The summed E-state index contributed by atoms with van der Waals surface area (Å²) in [6.45, 7) is 7.35. The number of hydrogen-bond donors (Lipinski definition) is 1. The molecule has 0 amide bonds. The van der Waals surface area contributed by atoms with Crippen LogP contribution in [0.25, 0.3) is 0 Å². The summed E-state index contributed by atoms with van der Waals surface area (Å²) in [5.74, 6) is 1.44. The molecule has 0 fully saturated rings. The Balaban J connectivity index is 2.46. The Morgan fingerprint density at radius 1 is 1.33 bits per heavy atom. The van der Waals surface area contributed by atoms with Crippen molar-refractivity contribution in [1.29, 1.82) is 0 Å². The first-order chi connectivity index (χ1) is 8.69. The highest BCUT2D eigenvalue weighted by atomic mass is 16.5. The molecule has 5 heteroatoms. The van der Waals surface area contributed by atoms with Gasteiger partial charge in [-0.3, -0.25) is 0 Å². The fraction of sp³-hybridized carbons (Fsp3) is 0.846. The molecule has 0 saturated carbocycles. The molecule has 0 aliphatic carbocycles. The van der Waals surface area contributed by atoms with E-state index in [0.717, 1.165) is 31.6 Å². The molecule has 0 saturated heterocycles. The number of hydrogen-bond acceptors (Lipinski definition) is 5. The third-order valence-corrected chi connectivity index (χ3v) is 2.98. The van der Waals surface area contributed by atoms with E-state index in [1.807, 2.05) is 6.92 Å². The number of methoxy groups -OCH3 is 1. The van der Waals surface area contributed by atoms with E-state index in [0.29, 0.717) is 18.4 Å². The summed E-state index contributed by atoms with van der Waals surface area (Å²) in [5.41, 5.74) is 0. The Labute approximate surface area is 109 Å². The van der Waals surface area contributed by atoms with E-state index in [9.17, 15) is 0 Å². The van der Waals surface area contributed by atoms with Crippen LogP contribution in [0.5, 0.6) is 0 Å². The van der Waals surface area contributed by atoms with Gasteiger partial charge < -0.3 is 14.6 Å². The van der Waals surface area contributed by atoms with E-state index in [-0.39, 0.29) is 6.10 Å². The molecule has 0 aliphatic rings. The van der Waals surface area contributed by atoms with Gasteiger partial charge in [-0.05, 0) is 26.3 Å². The van der Waals surface area contributed by atoms with Crippen molar-refractivity contribution in [2.75, 3.05) is 13.7 Å². The van der Waals surface area contributed by atoms with Gasteiger partial charge in [-0.2, -0.15) is 4.98 Å². The Kier molecular flexibility index (Phi) is 6.90. The normalized spacial score (nSPS) is 14.7. The standard InChI is InChI=1S/C13H25N3O2/c1-5-7-14-11(6-2)9-13-15-12(16-18-13)8-10(3)17-4/h10-11,14H,5-9H2,1-4H3. The second kappa shape index (κ2) is 8.21. The van der Waals surface area contributed by atoms with Crippen molar-refractivity contribution in [2.45, 2.75) is 58.6 Å². The zero-order valence-electron chi connectivity index (χ0n) is 11.9. The predicted molar refractivity (Wildman–Crippen MR) is 70.5 cm³/mol. The van der Waals surface area contributed by atoms with E-state index >= 15 is 0 Å². The molecule has 2 unspecified atom stereocenters. The molecular weight excluding hydrogens is 230 g/mol. The Morgan fingerprint density at radius 3 is 2.72 bits per heavy atom. The lowest BCUT2D eigenvalue weighted by Gasteiger charge is -2.13. The molecule has 0 aromatic carbocycles. The molecule has 0 radical (unpaired) electrons. The monoisotopic (exact) mass is 255 g/mol. The van der Waals surface area contributed by atoms with Crippen molar-refractivity contribution in [3.8, 4) is 0 Å². The van der Waals surface area contributed by atoms with Gasteiger partial charge in [0.25, 0.3) is 0 Å². The number of aromatic nitrogens is 2. The van der Waals surface area contributed by atoms with Gasteiger partial charge in [-0.1, -0.05) is 19.0 Å². The second-order valence-electron chi connectivity index (χ2n) is 4.62.